The Bertz CT molecular complexity index is 169. The minimum absolute atomic E-state index is 0.109. The summed E-state index contributed by atoms with van der Waals surface area (Å²) >= 11 is 0. The van der Waals surface area contributed by atoms with Crippen LogP contribution in [0.2, 0.25) is 0 Å². The van der Waals surface area contributed by atoms with Gasteiger partial charge >= 0.3 is 6.18 Å². The second kappa shape index (κ2) is 3.84. The van der Waals surface area contributed by atoms with Gasteiger partial charge in [-0.15, -0.1) is 0 Å². The van der Waals surface area contributed by atoms with Crippen LogP contribution in [0, 0.1) is 5.92 Å². The highest BCUT2D eigenvalue weighted by Gasteiger charge is 2.43. The number of nitrogens with one attached hydrogen (secondary N) is 1. The van der Waals surface area contributed by atoms with Gasteiger partial charge in [0.25, 0.3) is 0 Å². The third kappa shape index (κ3) is 2.84. The Morgan fingerprint density at radius 3 is 2.38 bits per heavy atom. The predicted octanol–water partition coefficient (Wildman–Crippen LogP) is 1.56. The van der Waals surface area contributed by atoms with Crippen LogP contribution in [0.4, 0.5) is 13.2 Å². The van der Waals surface area contributed by atoms with Crippen molar-refractivity contribution in [3.63, 3.8) is 0 Å². The zero-order valence-corrected chi connectivity index (χ0v) is 7.69. The van der Waals surface area contributed by atoms with Crippen molar-refractivity contribution in [3.05, 3.63) is 0 Å². The number of alkyl halides is 3. The third-order valence-electron chi connectivity index (χ3n) is 2.12. The van der Waals surface area contributed by atoms with E-state index in [1.165, 1.54) is 0 Å². The maximum absolute atomic E-state index is 12.2. The number of ether oxygens (including phenoxy) is 1. The monoisotopic (exact) mass is 197 g/mol. The van der Waals surface area contributed by atoms with Crippen molar-refractivity contribution in [3.8, 4) is 0 Å². The number of hydrogen-bond donors (Lipinski definition) is 1. The predicted molar refractivity (Wildman–Crippen MR) is 42.4 cm³/mol. The zero-order valence-electron chi connectivity index (χ0n) is 7.69. The first-order valence-electron chi connectivity index (χ1n) is 4.34. The van der Waals surface area contributed by atoms with Crippen molar-refractivity contribution < 1.29 is 17.9 Å². The van der Waals surface area contributed by atoms with Crippen LogP contribution in [-0.4, -0.2) is 31.5 Å². The largest absolute Gasteiger partial charge is 0.415 e. The minimum atomic E-state index is -4.25. The summed E-state index contributed by atoms with van der Waals surface area (Å²) in [6.07, 6.45) is -6.23. The minimum Gasteiger partial charge on any atom is -0.363 e. The first-order valence-corrected chi connectivity index (χ1v) is 4.34. The lowest BCUT2D eigenvalue weighted by Gasteiger charge is -2.33. The van der Waals surface area contributed by atoms with Crippen molar-refractivity contribution in [2.45, 2.75) is 32.2 Å². The highest BCUT2D eigenvalue weighted by molar-refractivity contribution is 4.80. The lowest BCUT2D eigenvalue weighted by molar-refractivity contribution is -0.243. The molecule has 1 saturated heterocycles. The Morgan fingerprint density at radius 2 is 1.92 bits per heavy atom. The van der Waals surface area contributed by atoms with E-state index in [0.29, 0.717) is 6.54 Å². The summed E-state index contributed by atoms with van der Waals surface area (Å²) in [6, 6.07) is 0. The average molecular weight is 197 g/mol. The van der Waals surface area contributed by atoms with Gasteiger partial charge in [-0.3, -0.25) is 0 Å². The molecule has 0 radical (unpaired) electrons. The average Bonchev–Trinajstić information content (AvgIpc) is 2.03. The molecule has 0 aromatic carbocycles. The first-order chi connectivity index (χ1) is 5.91. The van der Waals surface area contributed by atoms with Crippen LogP contribution in [0.25, 0.3) is 0 Å². The van der Waals surface area contributed by atoms with Crippen LogP contribution in [0.1, 0.15) is 13.8 Å². The maximum atomic E-state index is 12.2. The Labute approximate surface area is 75.4 Å². The van der Waals surface area contributed by atoms with Gasteiger partial charge < -0.3 is 10.1 Å². The topological polar surface area (TPSA) is 21.3 Å². The molecule has 2 atom stereocenters. The molecule has 78 valence electrons. The molecule has 0 amide bonds. The molecular weight excluding hydrogens is 183 g/mol. The molecule has 5 heteroatoms. The highest BCUT2D eigenvalue weighted by atomic mass is 19.4. The summed E-state index contributed by atoms with van der Waals surface area (Å²) < 4.78 is 41.6. The van der Waals surface area contributed by atoms with E-state index >= 15 is 0 Å². The molecule has 0 bridgehead atoms. The van der Waals surface area contributed by atoms with E-state index in [1.54, 1.807) is 0 Å². The summed E-state index contributed by atoms with van der Waals surface area (Å²) in [4.78, 5) is 0. The van der Waals surface area contributed by atoms with E-state index in [2.05, 4.69) is 5.32 Å². The smallest absolute Gasteiger partial charge is 0.363 e. The molecule has 0 aliphatic carbocycles. The van der Waals surface area contributed by atoms with Crippen LogP contribution in [0.3, 0.4) is 0 Å². The molecule has 1 heterocycles. The SMILES string of the molecule is CC(C)[C@H]1CNC[C@H](C(F)(F)F)O1. The summed E-state index contributed by atoms with van der Waals surface area (Å²) in [5.41, 5.74) is 0. The molecule has 2 nitrogen and oxygen atoms in total. The van der Waals surface area contributed by atoms with Crippen LogP contribution in [0.15, 0.2) is 0 Å². The van der Waals surface area contributed by atoms with Crippen molar-refractivity contribution >= 4 is 0 Å². The van der Waals surface area contributed by atoms with Gasteiger partial charge in [-0.25, -0.2) is 0 Å². The normalized spacial score (nSPS) is 30.9. The van der Waals surface area contributed by atoms with Gasteiger partial charge in [-0.2, -0.15) is 13.2 Å². The molecule has 1 fully saturated rings. The Hall–Kier alpha value is -0.290. The Morgan fingerprint density at radius 1 is 1.31 bits per heavy atom. The van der Waals surface area contributed by atoms with Gasteiger partial charge in [0.1, 0.15) is 0 Å². The number of halogens is 3. The number of hydrogen-bond acceptors (Lipinski definition) is 2. The van der Waals surface area contributed by atoms with Crippen molar-refractivity contribution in [1.82, 2.24) is 5.32 Å². The maximum Gasteiger partial charge on any atom is 0.415 e. The van der Waals surface area contributed by atoms with Gasteiger partial charge in [0.2, 0.25) is 0 Å². The van der Waals surface area contributed by atoms with Crippen LogP contribution >= 0.6 is 0 Å². The molecule has 1 aliphatic rings. The van der Waals surface area contributed by atoms with Crippen LogP contribution < -0.4 is 5.32 Å². The molecule has 1 N–H and O–H groups in total. The molecule has 13 heavy (non-hydrogen) atoms. The van der Waals surface area contributed by atoms with Gasteiger partial charge in [0, 0.05) is 13.1 Å². The molecule has 0 unspecified atom stereocenters. The van der Waals surface area contributed by atoms with E-state index in [4.69, 9.17) is 4.74 Å². The standard InChI is InChI=1S/C8H14F3NO/c1-5(2)6-3-12-4-7(13-6)8(9,10)11/h5-7,12H,3-4H2,1-2H3/t6-,7-/m1/s1. The quantitative estimate of drug-likeness (QED) is 0.688. The van der Waals surface area contributed by atoms with Gasteiger partial charge in [0.05, 0.1) is 6.10 Å². The molecule has 0 saturated carbocycles. The van der Waals surface area contributed by atoms with E-state index in [-0.39, 0.29) is 18.6 Å². The fraction of sp³-hybridized carbons (Fsp3) is 1.00. The van der Waals surface area contributed by atoms with E-state index in [0.717, 1.165) is 0 Å². The third-order valence-corrected chi connectivity index (χ3v) is 2.12. The van der Waals surface area contributed by atoms with E-state index in [9.17, 15) is 13.2 Å². The Kier molecular flexibility index (Phi) is 3.18. The lowest BCUT2D eigenvalue weighted by Crippen LogP contribution is -2.52. The second-order valence-corrected chi connectivity index (χ2v) is 3.61. The lowest BCUT2D eigenvalue weighted by atomic mass is 10.1. The van der Waals surface area contributed by atoms with Crippen LogP contribution in [-0.2, 0) is 4.74 Å². The van der Waals surface area contributed by atoms with Crippen molar-refractivity contribution in [2.24, 2.45) is 5.92 Å². The van der Waals surface area contributed by atoms with Gasteiger partial charge in [-0.1, -0.05) is 13.8 Å². The fourth-order valence-electron chi connectivity index (χ4n) is 1.25. The molecular formula is C8H14F3NO. The Balaban J connectivity index is 2.52. The van der Waals surface area contributed by atoms with Gasteiger partial charge in [0.15, 0.2) is 6.10 Å². The summed E-state index contributed by atoms with van der Waals surface area (Å²) in [5, 5.41) is 2.73. The molecule has 1 aliphatic heterocycles. The molecule has 0 spiro atoms. The van der Waals surface area contributed by atoms with E-state index < -0.39 is 12.3 Å². The zero-order chi connectivity index (χ0) is 10.1. The summed E-state index contributed by atoms with van der Waals surface area (Å²) in [5.74, 6) is 0.109. The summed E-state index contributed by atoms with van der Waals surface area (Å²) in [7, 11) is 0. The molecule has 1 rings (SSSR count). The van der Waals surface area contributed by atoms with Gasteiger partial charge in [-0.05, 0) is 5.92 Å². The second-order valence-electron chi connectivity index (χ2n) is 3.61. The van der Waals surface area contributed by atoms with Crippen molar-refractivity contribution in [2.75, 3.05) is 13.1 Å². The number of morpholine rings is 1. The van der Waals surface area contributed by atoms with Crippen LogP contribution in [0.5, 0.6) is 0 Å². The van der Waals surface area contributed by atoms with Crippen molar-refractivity contribution in [1.29, 1.82) is 0 Å². The molecule has 0 aromatic heterocycles. The first kappa shape index (κ1) is 10.8. The highest BCUT2D eigenvalue weighted by Crippen LogP contribution is 2.26. The fourth-order valence-corrected chi connectivity index (χ4v) is 1.25. The summed E-state index contributed by atoms with van der Waals surface area (Å²) in [6.45, 7) is 4.08. The van der Waals surface area contributed by atoms with E-state index in [1.807, 2.05) is 13.8 Å². The molecule has 0 aromatic rings. The number of rotatable bonds is 1.